The van der Waals surface area contributed by atoms with Gasteiger partial charge in [-0.1, -0.05) is 52.0 Å². The van der Waals surface area contributed by atoms with Gasteiger partial charge in [-0.3, -0.25) is 0 Å². The Kier molecular flexibility index (Phi) is 5.27. The van der Waals surface area contributed by atoms with Gasteiger partial charge in [-0.25, -0.2) is 4.79 Å². The molecule has 0 radical (unpaired) electrons. The maximum Gasteiger partial charge on any atom is 0.317 e. The molecule has 1 N–H and O–H groups in total. The first-order chi connectivity index (χ1) is 10.0. The number of nitrogens with one attached hydrogen (secondary N) is 1. The number of aryl methyl sites for hydroxylation is 1. The Morgan fingerprint density at radius 3 is 2.48 bits per heavy atom. The molecule has 0 aromatic heterocycles. The van der Waals surface area contributed by atoms with Crippen LogP contribution in [0.2, 0.25) is 0 Å². The molecule has 1 aliphatic heterocycles. The second-order valence-corrected chi connectivity index (χ2v) is 6.61. The molecule has 0 spiro atoms. The molecule has 1 aromatic rings. The Bertz CT molecular complexity index is 467. The van der Waals surface area contributed by atoms with Crippen LogP contribution in [-0.2, 0) is 6.42 Å². The lowest BCUT2D eigenvalue weighted by atomic mass is 9.95. The minimum atomic E-state index is 0.0811. The number of rotatable bonds is 4. The number of urea groups is 1. The van der Waals surface area contributed by atoms with Crippen molar-refractivity contribution in [2.24, 2.45) is 11.8 Å². The monoisotopic (exact) mass is 288 g/mol. The minimum Gasteiger partial charge on any atom is -0.331 e. The normalized spacial score (nSPS) is 19.9. The number of hydrogen-bond acceptors (Lipinski definition) is 1. The SMILES string of the molecule is CCc1ccc(C(NC(=O)N2CCC(C)C2)C(C)C)cc1. The van der Waals surface area contributed by atoms with Crippen molar-refractivity contribution < 1.29 is 4.79 Å². The first-order valence-corrected chi connectivity index (χ1v) is 8.15. The summed E-state index contributed by atoms with van der Waals surface area (Å²) >= 11 is 0. The predicted octanol–water partition coefficient (Wildman–Crippen LogP) is 4.00. The fourth-order valence-corrected chi connectivity index (χ4v) is 2.94. The molecule has 1 saturated heterocycles. The third kappa shape index (κ3) is 3.99. The third-order valence-electron chi connectivity index (χ3n) is 4.40. The van der Waals surface area contributed by atoms with Gasteiger partial charge in [-0.15, -0.1) is 0 Å². The predicted molar refractivity (Wildman–Crippen MR) is 87.3 cm³/mol. The molecule has 0 aliphatic carbocycles. The van der Waals surface area contributed by atoms with Gasteiger partial charge in [0.25, 0.3) is 0 Å². The highest BCUT2D eigenvalue weighted by Gasteiger charge is 2.26. The molecular weight excluding hydrogens is 260 g/mol. The van der Waals surface area contributed by atoms with Crippen LogP contribution in [0, 0.1) is 11.8 Å². The summed E-state index contributed by atoms with van der Waals surface area (Å²) in [5.74, 6) is 0.999. The summed E-state index contributed by atoms with van der Waals surface area (Å²) < 4.78 is 0. The van der Waals surface area contributed by atoms with E-state index in [9.17, 15) is 4.79 Å². The smallest absolute Gasteiger partial charge is 0.317 e. The van der Waals surface area contributed by atoms with E-state index in [0.29, 0.717) is 11.8 Å². The van der Waals surface area contributed by atoms with Gasteiger partial charge in [0, 0.05) is 13.1 Å². The molecule has 2 unspecified atom stereocenters. The van der Waals surface area contributed by atoms with Gasteiger partial charge in [-0.05, 0) is 35.8 Å². The quantitative estimate of drug-likeness (QED) is 0.892. The Labute approximate surface area is 128 Å². The Morgan fingerprint density at radius 2 is 2.00 bits per heavy atom. The van der Waals surface area contributed by atoms with E-state index in [2.05, 4.69) is 57.3 Å². The zero-order valence-electron chi connectivity index (χ0n) is 13.7. The molecule has 1 aromatic carbocycles. The Balaban J connectivity index is 2.06. The van der Waals surface area contributed by atoms with E-state index in [-0.39, 0.29) is 12.1 Å². The highest BCUT2D eigenvalue weighted by molar-refractivity contribution is 5.75. The van der Waals surface area contributed by atoms with Crippen molar-refractivity contribution in [3.05, 3.63) is 35.4 Å². The summed E-state index contributed by atoms with van der Waals surface area (Å²) in [6.07, 6.45) is 2.16. The number of carbonyl (C=O) groups excluding carboxylic acids is 1. The second kappa shape index (κ2) is 6.97. The molecule has 2 atom stereocenters. The first kappa shape index (κ1) is 15.9. The van der Waals surface area contributed by atoms with E-state index >= 15 is 0 Å². The maximum absolute atomic E-state index is 12.4. The van der Waals surface area contributed by atoms with Gasteiger partial charge in [0.15, 0.2) is 0 Å². The molecule has 0 bridgehead atoms. The van der Waals surface area contributed by atoms with E-state index in [1.54, 1.807) is 0 Å². The van der Waals surface area contributed by atoms with Gasteiger partial charge in [0.2, 0.25) is 0 Å². The van der Waals surface area contributed by atoms with Crippen LogP contribution in [0.3, 0.4) is 0 Å². The van der Waals surface area contributed by atoms with Gasteiger partial charge in [-0.2, -0.15) is 0 Å². The van der Waals surface area contributed by atoms with E-state index in [1.165, 1.54) is 11.1 Å². The van der Waals surface area contributed by atoms with Crippen molar-refractivity contribution in [1.82, 2.24) is 10.2 Å². The Morgan fingerprint density at radius 1 is 1.33 bits per heavy atom. The number of carbonyl (C=O) groups is 1. The van der Waals surface area contributed by atoms with E-state index < -0.39 is 0 Å². The van der Waals surface area contributed by atoms with Gasteiger partial charge >= 0.3 is 6.03 Å². The van der Waals surface area contributed by atoms with Crippen molar-refractivity contribution in [2.45, 2.75) is 46.6 Å². The zero-order chi connectivity index (χ0) is 15.4. The van der Waals surface area contributed by atoms with Crippen LogP contribution in [0.25, 0.3) is 0 Å². The van der Waals surface area contributed by atoms with Crippen molar-refractivity contribution in [3.63, 3.8) is 0 Å². The minimum absolute atomic E-state index is 0.0811. The van der Waals surface area contributed by atoms with Gasteiger partial charge < -0.3 is 10.2 Å². The first-order valence-electron chi connectivity index (χ1n) is 8.15. The largest absolute Gasteiger partial charge is 0.331 e. The summed E-state index contributed by atoms with van der Waals surface area (Å²) in [6.45, 7) is 10.4. The number of benzene rings is 1. The van der Waals surface area contributed by atoms with Crippen molar-refractivity contribution >= 4 is 6.03 Å². The molecule has 21 heavy (non-hydrogen) atoms. The van der Waals surface area contributed by atoms with Gasteiger partial charge in [0.05, 0.1) is 6.04 Å². The number of hydrogen-bond donors (Lipinski definition) is 1. The molecule has 2 rings (SSSR count). The summed E-state index contributed by atoms with van der Waals surface area (Å²) in [5, 5.41) is 3.22. The van der Waals surface area contributed by atoms with E-state index in [1.807, 2.05) is 4.90 Å². The van der Waals surface area contributed by atoms with Crippen LogP contribution in [0.4, 0.5) is 4.79 Å². The van der Waals surface area contributed by atoms with Crippen molar-refractivity contribution in [3.8, 4) is 0 Å². The van der Waals surface area contributed by atoms with E-state index in [0.717, 1.165) is 25.9 Å². The molecule has 1 heterocycles. The fourth-order valence-electron chi connectivity index (χ4n) is 2.94. The summed E-state index contributed by atoms with van der Waals surface area (Å²) in [7, 11) is 0. The summed E-state index contributed by atoms with van der Waals surface area (Å²) in [5.41, 5.74) is 2.53. The highest BCUT2D eigenvalue weighted by Crippen LogP contribution is 2.23. The molecule has 0 saturated carbocycles. The van der Waals surface area contributed by atoms with Crippen molar-refractivity contribution in [1.29, 1.82) is 0 Å². The summed E-state index contributed by atoms with van der Waals surface area (Å²) in [6, 6.07) is 8.79. The zero-order valence-corrected chi connectivity index (χ0v) is 13.7. The van der Waals surface area contributed by atoms with Crippen LogP contribution in [-0.4, -0.2) is 24.0 Å². The van der Waals surface area contributed by atoms with Gasteiger partial charge in [0.1, 0.15) is 0 Å². The molecule has 1 aliphatic rings. The van der Waals surface area contributed by atoms with E-state index in [4.69, 9.17) is 0 Å². The van der Waals surface area contributed by atoms with Crippen LogP contribution in [0.5, 0.6) is 0 Å². The lowest BCUT2D eigenvalue weighted by molar-refractivity contribution is 0.199. The maximum atomic E-state index is 12.4. The highest BCUT2D eigenvalue weighted by atomic mass is 16.2. The molecule has 3 nitrogen and oxygen atoms in total. The molecule has 1 fully saturated rings. The lowest BCUT2D eigenvalue weighted by Gasteiger charge is -2.26. The topological polar surface area (TPSA) is 32.3 Å². The van der Waals surface area contributed by atoms with Crippen LogP contribution < -0.4 is 5.32 Å². The molecule has 116 valence electrons. The van der Waals surface area contributed by atoms with Crippen LogP contribution >= 0.6 is 0 Å². The average molecular weight is 288 g/mol. The Hall–Kier alpha value is -1.51. The lowest BCUT2D eigenvalue weighted by Crippen LogP contribution is -2.41. The second-order valence-electron chi connectivity index (χ2n) is 6.61. The fraction of sp³-hybridized carbons (Fsp3) is 0.611. The third-order valence-corrected chi connectivity index (χ3v) is 4.40. The van der Waals surface area contributed by atoms with Crippen LogP contribution in [0.15, 0.2) is 24.3 Å². The average Bonchev–Trinajstić information content (AvgIpc) is 2.91. The molecular formula is C18H28N2O. The number of likely N-dealkylation sites (tertiary alicyclic amines) is 1. The number of nitrogens with zero attached hydrogens (tertiary/aromatic N) is 1. The van der Waals surface area contributed by atoms with Crippen LogP contribution in [0.1, 0.15) is 51.3 Å². The van der Waals surface area contributed by atoms with Crippen molar-refractivity contribution in [2.75, 3.05) is 13.1 Å². The standard InChI is InChI=1S/C18H28N2O/c1-5-15-6-8-16(9-7-15)17(13(2)3)19-18(21)20-11-10-14(4)12-20/h6-9,13-14,17H,5,10-12H2,1-4H3,(H,19,21). The summed E-state index contributed by atoms with van der Waals surface area (Å²) in [4.78, 5) is 14.4. The molecule has 3 heteroatoms. The molecule has 2 amide bonds. The number of amides is 2.